The van der Waals surface area contributed by atoms with Crippen molar-refractivity contribution >= 4 is 118 Å². The summed E-state index contributed by atoms with van der Waals surface area (Å²) in [5.74, 6) is 0.410. The number of nitrogen functional groups attached to an aromatic ring is 1. The highest BCUT2D eigenvalue weighted by atomic mass is 79.9. The molecule has 0 saturated carbocycles. The lowest BCUT2D eigenvalue weighted by atomic mass is 10.2. The van der Waals surface area contributed by atoms with E-state index in [1.54, 1.807) is 84.9 Å². The number of nitro groups is 2. The van der Waals surface area contributed by atoms with Gasteiger partial charge in [0.05, 0.1) is 35.7 Å². The van der Waals surface area contributed by atoms with Gasteiger partial charge in [0.2, 0.25) is 0 Å². The van der Waals surface area contributed by atoms with Crippen molar-refractivity contribution in [2.45, 2.75) is 320 Å². The molecule has 8 aromatic heterocycles. The minimum Gasteiger partial charge on any atom is -0.400 e. The molecule has 39 nitrogen and oxygen atoms in total. The molecule has 1 aliphatic heterocycles. The minimum atomic E-state index is -3.68. The summed E-state index contributed by atoms with van der Waals surface area (Å²) in [7, 11) is -16.9. The van der Waals surface area contributed by atoms with Crippen LogP contribution in [0.15, 0.2) is 131 Å². The number of halogens is 2. The lowest BCUT2D eigenvalue weighted by molar-refractivity contribution is -0.389. The first-order chi connectivity index (χ1) is 54.3. The maximum atomic E-state index is 12.7. The summed E-state index contributed by atoms with van der Waals surface area (Å²) in [4.78, 5) is 19.6. The van der Waals surface area contributed by atoms with Crippen LogP contribution in [0, 0.1) is 20.2 Å². The average molecular weight is 1940 g/mol. The normalized spacial score (nSPS) is 13.5. The van der Waals surface area contributed by atoms with Crippen molar-refractivity contribution in [1.82, 2.24) is 83.0 Å². The number of H-pyrrole nitrogens is 1. The van der Waals surface area contributed by atoms with Gasteiger partial charge in [-0.2, -0.15) is 35.3 Å². The summed E-state index contributed by atoms with van der Waals surface area (Å²) < 4.78 is 122. The van der Waals surface area contributed by atoms with Crippen LogP contribution >= 0.6 is 26.6 Å². The zero-order valence-electron chi connectivity index (χ0n) is 76.0. The molecular formula is C72H143BrClN25O14S5Si3. The van der Waals surface area contributed by atoms with E-state index in [0.29, 0.717) is 26.7 Å². The first-order valence-corrected chi connectivity index (χ1v) is 56.8. The number of alkyl halides is 1. The molecule has 0 amide bonds. The fourth-order valence-corrected chi connectivity index (χ4v) is 22.8. The third-order valence-electron chi connectivity index (χ3n) is 17.6. The Morgan fingerprint density at radius 2 is 0.777 bits per heavy atom. The Balaban J connectivity index is -0.00000131. The number of ether oxygens (including phenoxy) is 1. The summed E-state index contributed by atoms with van der Waals surface area (Å²) in [6, 6.07) is 13.6. The van der Waals surface area contributed by atoms with Crippen LogP contribution in [-0.2, 0) is 53.7 Å². The van der Waals surface area contributed by atoms with Crippen molar-refractivity contribution in [2.24, 2.45) is 23.5 Å². The second-order valence-corrected chi connectivity index (χ2v) is 60.5. The zero-order chi connectivity index (χ0) is 94.3. The first-order valence-electron chi connectivity index (χ1n) is 38.5. The van der Waals surface area contributed by atoms with Crippen molar-refractivity contribution in [1.29, 1.82) is 0 Å². The van der Waals surface area contributed by atoms with Crippen LogP contribution in [0.4, 0.5) is 17.5 Å². The minimum absolute atomic E-state index is 0. The molecule has 0 bridgehead atoms. The number of aromatic amines is 1. The molecule has 121 heavy (non-hydrogen) atoms. The summed E-state index contributed by atoms with van der Waals surface area (Å²) in [6.07, 6.45) is 15.8. The van der Waals surface area contributed by atoms with Crippen molar-refractivity contribution in [3.63, 3.8) is 0 Å². The van der Waals surface area contributed by atoms with Gasteiger partial charge < -0.3 is 35.8 Å². The molecule has 0 aliphatic carbocycles. The van der Waals surface area contributed by atoms with Gasteiger partial charge in [-0.3, -0.25) is 36.1 Å². The molecule has 11 N–H and O–H groups in total. The van der Waals surface area contributed by atoms with Gasteiger partial charge in [-0.25, -0.2) is 53.5 Å². The molecule has 696 valence electrons. The molecule has 1 aliphatic rings. The van der Waals surface area contributed by atoms with Crippen molar-refractivity contribution in [2.75, 3.05) is 26.1 Å². The maximum absolute atomic E-state index is 12.7. The Morgan fingerprint density at radius 1 is 0.488 bits per heavy atom. The van der Waals surface area contributed by atoms with Gasteiger partial charge in [-0.1, -0.05) is 118 Å². The summed E-state index contributed by atoms with van der Waals surface area (Å²) in [5.41, 5.74) is 5.38. The van der Waals surface area contributed by atoms with Crippen LogP contribution in [0.3, 0.4) is 0 Å². The van der Waals surface area contributed by atoms with Crippen molar-refractivity contribution in [3.05, 3.63) is 118 Å². The van der Waals surface area contributed by atoms with E-state index in [9.17, 15) is 53.9 Å². The third kappa shape index (κ3) is 43.6. The highest BCUT2D eigenvalue weighted by Crippen LogP contribution is 2.39. The number of nitrogens with one attached hydrogen (secondary N) is 2. The Kier molecular flexibility index (Phi) is 49.9. The SMILES string of the molecule is C.C1CCOC1.CC(C)Br.CC(C)n1ccc(N)n1.CC(C)n1ccc(S(=O)(=O)Cl)n1.CC(C)n1ccc(S(=O)(=O)N[Si](C)(C)C(C)(C)C)n1.CC(C)n1ccc(S(N)(=O)=N[Si](C)(C)C(C)(C)C)n1.CC(C)n1ccc(S(N)(=O)=N[Si](C)(C)C(C)(C)C)n1.CC(C)n1ccc(S(N)(=O)=O)n1.CC(C)n1ccc([N+](=O)[O-])n1.CO.O=[N+]([O-])c1ccn[nH]1. The average Bonchev–Trinajstić information content (AvgIpc) is 1.79. The van der Waals surface area contributed by atoms with Gasteiger partial charge in [-0.05, 0) is 197 Å². The van der Waals surface area contributed by atoms with Gasteiger partial charge in [-0.15, -0.1) is 5.10 Å². The topological polar surface area (TPSA) is 547 Å². The van der Waals surface area contributed by atoms with Gasteiger partial charge in [0, 0.05) is 109 Å². The highest BCUT2D eigenvalue weighted by Gasteiger charge is 2.41. The van der Waals surface area contributed by atoms with Crippen LogP contribution in [0.2, 0.25) is 54.4 Å². The maximum Gasteiger partial charge on any atom is 0.389 e. The quantitative estimate of drug-likeness (QED) is 0.0138. The lowest BCUT2D eigenvalue weighted by Crippen LogP contribution is -2.54. The number of aromatic nitrogens is 16. The number of nitrogens with zero attached hydrogens (tertiary/aromatic N) is 19. The molecule has 0 spiro atoms. The Labute approximate surface area is 736 Å². The van der Waals surface area contributed by atoms with Gasteiger partial charge in [0.15, 0.2) is 41.6 Å². The molecule has 1 saturated heterocycles. The van der Waals surface area contributed by atoms with E-state index in [-0.39, 0.29) is 85.5 Å². The fraction of sp³-hybridized carbons (Fsp3) is 0.667. The van der Waals surface area contributed by atoms with Gasteiger partial charge >= 0.3 is 11.6 Å². The molecule has 2 atom stereocenters. The van der Waals surface area contributed by atoms with Crippen LogP contribution in [-0.4, -0.2) is 177 Å². The molecule has 1 fully saturated rings. The number of rotatable bonds is 18. The summed E-state index contributed by atoms with van der Waals surface area (Å²) in [6.45, 7) is 65.0. The van der Waals surface area contributed by atoms with Gasteiger partial charge in [0.25, 0.3) is 29.1 Å². The summed E-state index contributed by atoms with van der Waals surface area (Å²) >= 11 is 3.27. The number of aliphatic hydroxyl groups is 1. The second kappa shape index (κ2) is 51.0. The monoisotopic (exact) mass is 1940 g/mol. The van der Waals surface area contributed by atoms with E-state index in [1.165, 1.54) is 48.0 Å². The standard InChI is InChI=1S/2C12H26N4OSSi.C12H25N3O2SSi.C6H9ClN2O2S.C6H11N3O2S.C6H9N3O2.C6H11N3.C4H8O.C3H7Br.C3H3N3O2.CH4O.CH4/c2*1-10(2)16-9-8-11(14-16)18(13,17)15-19(6,7)12(3,4)5;1-10(2)15-9-8-11(13-15)18(16,17)14-19(6,7)12(3,4)5;2*1-5(2)9-4-3-6(8-9)12(7,10)11;1-5(2)8-4-3-6(7-8)9(10)11;1-5(2)9-4-3-6(7)8-9;1-2-4-5-3-1;1-3(2)4;7-6(8)3-1-2-4-5-3;1-2;/h2*8-10H,1-7H3,(H2,13,15,17);8-10,14H,1-7H3;3-5H,1-2H3;3-5H,1-2H3,(H2,7,10,11);3-5H,1-2H3;3-5H,1-2H3,(H2,7,8);1-4H2;3H,1-2H3;1-2H,(H,4,5);2H,1H3;1H4. The molecular weight excluding hydrogens is 1800 g/mol. The molecule has 0 aromatic carbocycles. The first kappa shape index (κ1) is 118. The largest absolute Gasteiger partial charge is 0.400 e. The van der Waals surface area contributed by atoms with E-state index in [4.69, 9.17) is 41.7 Å². The number of hydrogen-bond acceptors (Lipinski definition) is 25. The number of anilines is 1. The van der Waals surface area contributed by atoms with E-state index in [2.05, 4.69) is 190 Å². The highest BCUT2D eigenvalue weighted by molar-refractivity contribution is 9.09. The number of sulfonamides is 2. The lowest BCUT2D eigenvalue weighted by Gasteiger charge is -2.36. The third-order valence-corrected chi connectivity index (χ3v) is 42.0. The molecule has 2 unspecified atom stereocenters. The predicted molar refractivity (Wildman–Crippen MR) is 496 cm³/mol. The molecule has 0 radical (unpaired) electrons. The van der Waals surface area contributed by atoms with E-state index >= 15 is 0 Å². The Hall–Kier alpha value is -6.79. The molecule has 9 heterocycles. The molecule has 8 aromatic rings. The number of aliphatic hydroxyl groups excluding tert-OH is 1. The fourth-order valence-electron chi connectivity index (χ4n) is 7.58. The van der Waals surface area contributed by atoms with Crippen LogP contribution < -0.4 is 25.5 Å². The number of primary sulfonamides is 1. The van der Waals surface area contributed by atoms with E-state index in [0.717, 1.165) is 20.3 Å². The van der Waals surface area contributed by atoms with Crippen LogP contribution in [0.1, 0.15) is 236 Å². The second-order valence-electron chi connectivity index (χ2n) is 33.9. The Bertz CT molecular complexity index is 4790. The van der Waals surface area contributed by atoms with E-state index in [1.807, 2.05) is 107 Å². The van der Waals surface area contributed by atoms with E-state index < -0.39 is 83.5 Å². The Morgan fingerprint density at radius 3 is 0.983 bits per heavy atom. The number of hydrogen-bond donors (Lipinski definition) is 7. The smallest absolute Gasteiger partial charge is 0.389 e. The molecule has 9 rings (SSSR count). The van der Waals surface area contributed by atoms with Crippen LogP contribution in [0.5, 0.6) is 0 Å². The van der Waals surface area contributed by atoms with Gasteiger partial charge in [0.1, 0.15) is 33.9 Å². The summed E-state index contributed by atoms with van der Waals surface area (Å²) in [5, 5.41) is 78.0. The van der Waals surface area contributed by atoms with Crippen molar-refractivity contribution < 1.29 is 53.4 Å². The number of nitrogens with two attached hydrogens (primary N) is 4. The molecule has 49 heteroatoms. The van der Waals surface area contributed by atoms with Crippen molar-refractivity contribution in [3.8, 4) is 0 Å². The zero-order valence-corrected chi connectivity index (χ0v) is 85.5. The van der Waals surface area contributed by atoms with Crippen LogP contribution in [0.25, 0.3) is 0 Å². The predicted octanol–water partition coefficient (Wildman–Crippen LogP) is 16.2.